The number of benzene rings is 3. The molecule has 0 aliphatic rings. The molecule has 1 aromatic heterocycles. The predicted molar refractivity (Wildman–Crippen MR) is 122 cm³/mol. The first kappa shape index (κ1) is 20.2. The Morgan fingerprint density at radius 1 is 1.00 bits per heavy atom. The zero-order valence-electron chi connectivity index (χ0n) is 17.1. The van der Waals surface area contributed by atoms with E-state index in [2.05, 4.69) is 47.1 Å². The van der Waals surface area contributed by atoms with Crippen molar-refractivity contribution in [2.24, 2.45) is 0 Å². The molecule has 0 aliphatic carbocycles. The van der Waals surface area contributed by atoms with Crippen molar-refractivity contribution in [1.29, 1.82) is 0 Å². The van der Waals surface area contributed by atoms with Gasteiger partial charge in [-0.25, -0.2) is 4.98 Å². The first-order valence-corrected chi connectivity index (χ1v) is 10.4. The highest BCUT2D eigenvalue weighted by Gasteiger charge is 2.18. The average Bonchev–Trinajstić information content (AvgIpc) is 3.10. The molecule has 1 N–H and O–H groups in total. The first-order valence-electron chi connectivity index (χ1n) is 10.0. The van der Waals surface area contributed by atoms with Crippen LogP contribution in [-0.2, 0) is 17.8 Å². The summed E-state index contributed by atoms with van der Waals surface area (Å²) in [5.41, 5.74) is 5.35. The molecule has 0 aliphatic heterocycles. The monoisotopic (exact) mass is 417 g/mol. The molecule has 0 saturated carbocycles. The highest BCUT2D eigenvalue weighted by Crippen LogP contribution is 2.23. The number of nitrogens with one attached hydrogen (secondary N) is 1. The normalized spacial score (nSPS) is 12.1. The van der Waals surface area contributed by atoms with Gasteiger partial charge in [0.15, 0.2) is 0 Å². The van der Waals surface area contributed by atoms with Crippen LogP contribution in [0.25, 0.3) is 11.0 Å². The smallest absolute Gasteiger partial charge is 0.224 e. The first-order chi connectivity index (χ1) is 14.5. The number of para-hydroxylation sites is 2. The largest absolute Gasteiger partial charge is 0.346 e. The van der Waals surface area contributed by atoms with E-state index in [0.717, 1.165) is 22.4 Å². The molecule has 1 amide bonds. The molecule has 152 valence electrons. The summed E-state index contributed by atoms with van der Waals surface area (Å²) >= 11 is 5.93. The number of carbonyl (C=O) groups is 1. The van der Waals surface area contributed by atoms with E-state index in [-0.39, 0.29) is 11.9 Å². The van der Waals surface area contributed by atoms with Crippen molar-refractivity contribution in [2.45, 2.75) is 32.9 Å². The van der Waals surface area contributed by atoms with Gasteiger partial charge in [0.2, 0.25) is 5.91 Å². The van der Waals surface area contributed by atoms with Crippen molar-refractivity contribution in [3.63, 3.8) is 0 Å². The van der Waals surface area contributed by atoms with E-state index in [1.54, 1.807) is 12.1 Å². The quantitative estimate of drug-likeness (QED) is 0.452. The SMILES string of the molecule is Cc1ccc(Cn2c(C(C)NC(=O)Cc3ccc(Cl)cc3)nc3ccccc32)cc1. The van der Waals surface area contributed by atoms with Gasteiger partial charge in [-0.1, -0.05) is 65.7 Å². The second-order valence-electron chi connectivity index (χ2n) is 7.62. The number of fused-ring (bicyclic) bond motifs is 1. The summed E-state index contributed by atoms with van der Waals surface area (Å²) in [5, 5.41) is 3.76. The van der Waals surface area contributed by atoms with Gasteiger partial charge in [0.25, 0.3) is 0 Å². The molecule has 3 aromatic carbocycles. The predicted octanol–water partition coefficient (Wildman–Crippen LogP) is 5.47. The van der Waals surface area contributed by atoms with Gasteiger partial charge < -0.3 is 9.88 Å². The second kappa shape index (κ2) is 8.72. The number of amides is 1. The number of hydrogen-bond acceptors (Lipinski definition) is 2. The molecule has 1 atom stereocenters. The third-order valence-corrected chi connectivity index (χ3v) is 5.44. The summed E-state index contributed by atoms with van der Waals surface area (Å²) in [6.07, 6.45) is 0.305. The fourth-order valence-corrected chi connectivity index (χ4v) is 3.74. The average molecular weight is 418 g/mol. The molecule has 0 fully saturated rings. The lowest BCUT2D eigenvalue weighted by atomic mass is 10.1. The highest BCUT2D eigenvalue weighted by molar-refractivity contribution is 6.30. The van der Waals surface area contributed by atoms with Crippen LogP contribution in [0.5, 0.6) is 0 Å². The van der Waals surface area contributed by atoms with E-state index >= 15 is 0 Å². The van der Waals surface area contributed by atoms with Crippen molar-refractivity contribution in [2.75, 3.05) is 0 Å². The molecule has 0 radical (unpaired) electrons. The van der Waals surface area contributed by atoms with Crippen LogP contribution < -0.4 is 5.32 Å². The van der Waals surface area contributed by atoms with Gasteiger partial charge in [0, 0.05) is 11.6 Å². The summed E-state index contributed by atoms with van der Waals surface area (Å²) in [6.45, 7) is 4.76. The molecule has 30 heavy (non-hydrogen) atoms. The molecular weight excluding hydrogens is 394 g/mol. The Morgan fingerprint density at radius 3 is 2.40 bits per heavy atom. The highest BCUT2D eigenvalue weighted by atomic mass is 35.5. The molecule has 0 bridgehead atoms. The Balaban J connectivity index is 1.58. The van der Waals surface area contributed by atoms with Crippen molar-refractivity contribution in [3.05, 3.63) is 100 Å². The summed E-state index contributed by atoms with van der Waals surface area (Å²) in [6, 6.07) is 23.7. The van der Waals surface area contributed by atoms with E-state index < -0.39 is 0 Å². The number of carbonyl (C=O) groups excluding carboxylic acids is 1. The van der Waals surface area contributed by atoms with Crippen molar-refractivity contribution in [3.8, 4) is 0 Å². The van der Waals surface area contributed by atoms with E-state index in [4.69, 9.17) is 16.6 Å². The molecule has 5 heteroatoms. The van der Waals surface area contributed by atoms with Crippen LogP contribution in [0.4, 0.5) is 0 Å². The minimum atomic E-state index is -0.220. The van der Waals surface area contributed by atoms with E-state index in [0.29, 0.717) is 18.0 Å². The number of aromatic nitrogens is 2. The van der Waals surface area contributed by atoms with E-state index in [1.165, 1.54) is 11.1 Å². The maximum atomic E-state index is 12.6. The number of hydrogen-bond donors (Lipinski definition) is 1. The number of aryl methyl sites for hydroxylation is 1. The Bertz CT molecular complexity index is 1160. The van der Waals surface area contributed by atoms with Crippen LogP contribution in [0.15, 0.2) is 72.8 Å². The maximum absolute atomic E-state index is 12.6. The maximum Gasteiger partial charge on any atom is 0.224 e. The van der Waals surface area contributed by atoms with Gasteiger partial charge in [-0.15, -0.1) is 0 Å². The van der Waals surface area contributed by atoms with E-state index in [9.17, 15) is 4.79 Å². The van der Waals surface area contributed by atoms with Gasteiger partial charge >= 0.3 is 0 Å². The fraction of sp³-hybridized carbons (Fsp3) is 0.200. The lowest BCUT2D eigenvalue weighted by molar-refractivity contribution is -0.121. The van der Waals surface area contributed by atoms with Gasteiger partial charge in [-0.05, 0) is 49.2 Å². The Morgan fingerprint density at radius 2 is 1.67 bits per heavy atom. The fourth-order valence-electron chi connectivity index (χ4n) is 3.61. The zero-order chi connectivity index (χ0) is 21.1. The standard InChI is InChI=1S/C25H24ClN3O/c1-17-7-9-20(10-8-17)16-29-23-6-4-3-5-22(23)28-25(29)18(2)27-24(30)15-19-11-13-21(26)14-12-19/h3-14,18H,15-16H2,1-2H3,(H,27,30). The Labute approximate surface area is 181 Å². The number of nitrogens with zero attached hydrogens (tertiary/aromatic N) is 2. The molecule has 0 saturated heterocycles. The third kappa shape index (κ3) is 4.55. The Kier molecular flexibility index (Phi) is 5.86. The summed E-state index contributed by atoms with van der Waals surface area (Å²) in [4.78, 5) is 17.5. The van der Waals surface area contributed by atoms with Gasteiger partial charge in [-0.3, -0.25) is 4.79 Å². The Hall–Kier alpha value is -3.11. The number of halogens is 1. The molecule has 1 unspecified atom stereocenters. The van der Waals surface area contributed by atoms with E-state index in [1.807, 2.05) is 37.3 Å². The van der Waals surface area contributed by atoms with Crippen LogP contribution >= 0.6 is 11.6 Å². The van der Waals surface area contributed by atoms with Crippen LogP contribution in [0.1, 0.15) is 35.5 Å². The molecule has 4 rings (SSSR count). The minimum absolute atomic E-state index is 0.0428. The molecule has 4 nitrogen and oxygen atoms in total. The minimum Gasteiger partial charge on any atom is -0.346 e. The van der Waals surface area contributed by atoms with Crippen molar-refractivity contribution >= 4 is 28.5 Å². The van der Waals surface area contributed by atoms with Gasteiger partial charge in [0.05, 0.1) is 23.5 Å². The number of rotatable bonds is 6. The number of imidazole rings is 1. The van der Waals surface area contributed by atoms with Crippen LogP contribution in [0.3, 0.4) is 0 Å². The van der Waals surface area contributed by atoms with Crippen molar-refractivity contribution < 1.29 is 4.79 Å². The van der Waals surface area contributed by atoms with Crippen LogP contribution in [-0.4, -0.2) is 15.5 Å². The van der Waals surface area contributed by atoms with Crippen LogP contribution in [0.2, 0.25) is 5.02 Å². The summed E-state index contributed by atoms with van der Waals surface area (Å²) < 4.78 is 2.19. The summed E-state index contributed by atoms with van der Waals surface area (Å²) in [5.74, 6) is 0.806. The van der Waals surface area contributed by atoms with Gasteiger partial charge in [0.1, 0.15) is 5.82 Å². The molecule has 4 aromatic rings. The second-order valence-corrected chi connectivity index (χ2v) is 8.06. The molecular formula is C25H24ClN3O. The van der Waals surface area contributed by atoms with Crippen molar-refractivity contribution in [1.82, 2.24) is 14.9 Å². The molecule has 1 heterocycles. The van der Waals surface area contributed by atoms with Crippen LogP contribution in [0, 0.1) is 6.92 Å². The lowest BCUT2D eigenvalue weighted by Gasteiger charge is -2.17. The third-order valence-electron chi connectivity index (χ3n) is 5.19. The lowest BCUT2D eigenvalue weighted by Crippen LogP contribution is -2.30. The summed E-state index contributed by atoms with van der Waals surface area (Å²) in [7, 11) is 0. The molecule has 0 spiro atoms. The van der Waals surface area contributed by atoms with Gasteiger partial charge in [-0.2, -0.15) is 0 Å². The topological polar surface area (TPSA) is 46.9 Å². The zero-order valence-corrected chi connectivity index (χ0v) is 17.9.